The number of hydrogen-bond donors (Lipinski definition) is 0. The van der Waals surface area contributed by atoms with Gasteiger partial charge in [0.15, 0.2) is 5.78 Å². The SMILES string of the molecule is CC(=O)c1ccc(-c2cc(N3CC(c4nc5ccccc5n4C)C3)nc(C)n2)nc1. The van der Waals surface area contributed by atoms with Crippen LogP contribution in [0.5, 0.6) is 0 Å². The third kappa shape index (κ3) is 3.12. The molecule has 0 spiro atoms. The molecule has 1 aromatic carbocycles. The van der Waals surface area contributed by atoms with E-state index in [9.17, 15) is 4.79 Å². The molecule has 1 aliphatic rings. The van der Waals surface area contributed by atoms with E-state index in [-0.39, 0.29) is 5.78 Å². The standard InChI is InChI=1S/C23H22N6O/c1-14(30)16-8-9-18(24-11-16)20-10-22(26-15(2)25-20)29-12-17(13-29)23-27-19-6-4-5-7-21(19)28(23)3/h4-11,17H,12-13H2,1-3H3. The van der Waals surface area contributed by atoms with E-state index >= 15 is 0 Å². The number of anilines is 1. The van der Waals surface area contributed by atoms with Crippen molar-refractivity contribution in [3.05, 3.63) is 65.9 Å². The molecule has 1 fully saturated rings. The van der Waals surface area contributed by atoms with Crippen LogP contribution in [0.1, 0.15) is 34.8 Å². The van der Waals surface area contributed by atoms with E-state index in [4.69, 9.17) is 4.98 Å². The molecule has 0 N–H and O–H groups in total. The molecule has 7 heteroatoms. The molecule has 1 saturated heterocycles. The van der Waals surface area contributed by atoms with Crippen molar-refractivity contribution in [2.24, 2.45) is 7.05 Å². The monoisotopic (exact) mass is 398 g/mol. The second-order valence-corrected chi connectivity index (χ2v) is 7.77. The van der Waals surface area contributed by atoms with E-state index in [1.54, 1.807) is 12.3 Å². The highest BCUT2D eigenvalue weighted by molar-refractivity contribution is 5.93. The first-order valence-corrected chi connectivity index (χ1v) is 9.99. The number of fused-ring (bicyclic) bond motifs is 1. The number of ketones is 1. The third-order valence-electron chi connectivity index (χ3n) is 5.65. The Morgan fingerprint density at radius 1 is 1.03 bits per heavy atom. The van der Waals surface area contributed by atoms with E-state index in [2.05, 4.69) is 43.6 Å². The molecule has 0 radical (unpaired) electrons. The van der Waals surface area contributed by atoms with Gasteiger partial charge in [-0.15, -0.1) is 0 Å². The number of carbonyl (C=O) groups is 1. The molecule has 7 nitrogen and oxygen atoms in total. The summed E-state index contributed by atoms with van der Waals surface area (Å²) in [5.41, 5.74) is 4.29. The minimum atomic E-state index is 0.00201. The van der Waals surface area contributed by atoms with Crippen molar-refractivity contribution in [3.63, 3.8) is 0 Å². The maximum Gasteiger partial charge on any atom is 0.161 e. The average Bonchev–Trinajstić information content (AvgIpc) is 3.03. The number of carbonyl (C=O) groups excluding carboxylic acids is 1. The number of pyridine rings is 1. The summed E-state index contributed by atoms with van der Waals surface area (Å²) in [7, 11) is 2.08. The largest absolute Gasteiger partial charge is 0.355 e. The van der Waals surface area contributed by atoms with Crippen molar-refractivity contribution in [2.45, 2.75) is 19.8 Å². The summed E-state index contributed by atoms with van der Waals surface area (Å²) in [6.07, 6.45) is 1.60. The Morgan fingerprint density at radius 3 is 2.53 bits per heavy atom. The molecule has 3 aromatic heterocycles. The number of imidazole rings is 1. The molecular formula is C23H22N6O. The van der Waals surface area contributed by atoms with Crippen molar-refractivity contribution in [2.75, 3.05) is 18.0 Å². The zero-order chi connectivity index (χ0) is 20.8. The summed E-state index contributed by atoms with van der Waals surface area (Å²) in [6.45, 7) is 5.15. The van der Waals surface area contributed by atoms with Crippen LogP contribution in [-0.2, 0) is 7.05 Å². The molecule has 5 rings (SSSR count). The number of rotatable bonds is 4. The molecule has 0 amide bonds. The van der Waals surface area contributed by atoms with Gasteiger partial charge in [-0.25, -0.2) is 15.0 Å². The fraction of sp³-hybridized carbons (Fsp3) is 0.261. The van der Waals surface area contributed by atoms with Gasteiger partial charge in [-0.2, -0.15) is 0 Å². The van der Waals surface area contributed by atoms with Crippen LogP contribution in [0, 0.1) is 6.92 Å². The molecule has 0 unspecified atom stereocenters. The minimum Gasteiger partial charge on any atom is -0.355 e. The van der Waals surface area contributed by atoms with Gasteiger partial charge in [0.05, 0.1) is 28.3 Å². The maximum absolute atomic E-state index is 11.5. The first-order valence-electron chi connectivity index (χ1n) is 9.99. The highest BCUT2D eigenvalue weighted by Crippen LogP contribution is 2.32. The molecule has 150 valence electrons. The van der Waals surface area contributed by atoms with E-state index in [1.165, 1.54) is 6.92 Å². The minimum absolute atomic E-state index is 0.00201. The number of aromatic nitrogens is 5. The van der Waals surface area contributed by atoms with E-state index < -0.39 is 0 Å². The van der Waals surface area contributed by atoms with Gasteiger partial charge in [-0.05, 0) is 38.1 Å². The molecule has 30 heavy (non-hydrogen) atoms. The van der Waals surface area contributed by atoms with Crippen LogP contribution in [0.25, 0.3) is 22.4 Å². The van der Waals surface area contributed by atoms with Gasteiger partial charge in [0, 0.05) is 38.0 Å². The predicted molar refractivity (Wildman–Crippen MR) is 116 cm³/mol. The lowest BCUT2D eigenvalue weighted by atomic mass is 9.99. The highest BCUT2D eigenvalue weighted by atomic mass is 16.1. The van der Waals surface area contributed by atoms with Crippen molar-refractivity contribution in [1.29, 1.82) is 0 Å². The van der Waals surface area contributed by atoms with Crippen LogP contribution in [0.15, 0.2) is 48.7 Å². The number of benzene rings is 1. The van der Waals surface area contributed by atoms with Gasteiger partial charge in [0.2, 0.25) is 0 Å². The first-order chi connectivity index (χ1) is 14.5. The van der Waals surface area contributed by atoms with E-state index in [0.717, 1.165) is 47.2 Å². The lowest BCUT2D eigenvalue weighted by Crippen LogP contribution is -2.46. The summed E-state index contributed by atoms with van der Waals surface area (Å²) in [5, 5.41) is 0. The van der Waals surface area contributed by atoms with Crippen molar-refractivity contribution in [1.82, 2.24) is 24.5 Å². The Bertz CT molecular complexity index is 1250. The van der Waals surface area contributed by atoms with Crippen LogP contribution < -0.4 is 4.90 Å². The van der Waals surface area contributed by atoms with Crippen LogP contribution in [0.2, 0.25) is 0 Å². The Balaban J connectivity index is 1.38. The predicted octanol–water partition coefficient (Wildman–Crippen LogP) is 3.54. The Morgan fingerprint density at radius 2 is 1.83 bits per heavy atom. The number of para-hydroxylation sites is 2. The lowest BCUT2D eigenvalue weighted by Gasteiger charge is -2.39. The Hall–Kier alpha value is -3.61. The second kappa shape index (κ2) is 7.02. The molecule has 4 heterocycles. The first kappa shape index (κ1) is 18.4. The van der Waals surface area contributed by atoms with Crippen LogP contribution in [-0.4, -0.2) is 43.4 Å². The molecular weight excluding hydrogens is 376 g/mol. The van der Waals surface area contributed by atoms with Gasteiger partial charge in [0.25, 0.3) is 0 Å². The third-order valence-corrected chi connectivity index (χ3v) is 5.65. The fourth-order valence-electron chi connectivity index (χ4n) is 3.96. The molecule has 0 saturated carbocycles. The molecule has 0 aliphatic carbocycles. The van der Waals surface area contributed by atoms with Crippen molar-refractivity contribution < 1.29 is 4.79 Å². The second-order valence-electron chi connectivity index (χ2n) is 7.77. The topological polar surface area (TPSA) is 76.8 Å². The summed E-state index contributed by atoms with van der Waals surface area (Å²) >= 11 is 0. The summed E-state index contributed by atoms with van der Waals surface area (Å²) in [6, 6.07) is 13.8. The van der Waals surface area contributed by atoms with Crippen molar-refractivity contribution in [3.8, 4) is 11.4 Å². The van der Waals surface area contributed by atoms with Crippen molar-refractivity contribution >= 4 is 22.6 Å². The number of Topliss-reactive ketones (excluding diaryl/α,β-unsaturated/α-hetero) is 1. The summed E-state index contributed by atoms with van der Waals surface area (Å²) < 4.78 is 2.19. The quantitative estimate of drug-likeness (QED) is 0.490. The summed E-state index contributed by atoms with van der Waals surface area (Å²) in [5.74, 6) is 3.08. The Labute approximate surface area is 174 Å². The highest BCUT2D eigenvalue weighted by Gasteiger charge is 2.33. The molecule has 0 atom stereocenters. The molecule has 0 bridgehead atoms. The number of hydrogen-bond acceptors (Lipinski definition) is 6. The number of aryl methyl sites for hydroxylation is 2. The van der Waals surface area contributed by atoms with Crippen LogP contribution in [0.4, 0.5) is 5.82 Å². The van der Waals surface area contributed by atoms with Gasteiger partial charge in [0.1, 0.15) is 17.5 Å². The van der Waals surface area contributed by atoms with Gasteiger partial charge < -0.3 is 9.47 Å². The fourth-order valence-corrected chi connectivity index (χ4v) is 3.96. The molecule has 4 aromatic rings. The average molecular weight is 398 g/mol. The van der Waals surface area contributed by atoms with Gasteiger partial charge in [-0.3, -0.25) is 9.78 Å². The van der Waals surface area contributed by atoms with E-state index in [0.29, 0.717) is 17.3 Å². The number of nitrogens with zero attached hydrogens (tertiary/aromatic N) is 6. The Kier molecular flexibility index (Phi) is 4.31. The van der Waals surface area contributed by atoms with Crippen LogP contribution >= 0.6 is 0 Å². The van der Waals surface area contributed by atoms with Crippen LogP contribution in [0.3, 0.4) is 0 Å². The lowest BCUT2D eigenvalue weighted by molar-refractivity contribution is 0.101. The summed E-state index contributed by atoms with van der Waals surface area (Å²) in [4.78, 5) is 32.1. The maximum atomic E-state index is 11.5. The zero-order valence-corrected chi connectivity index (χ0v) is 17.2. The van der Waals surface area contributed by atoms with E-state index in [1.807, 2.05) is 31.2 Å². The molecule has 1 aliphatic heterocycles. The zero-order valence-electron chi connectivity index (χ0n) is 17.2. The normalized spacial score (nSPS) is 14.2. The smallest absolute Gasteiger partial charge is 0.161 e. The van der Waals surface area contributed by atoms with Gasteiger partial charge in [-0.1, -0.05) is 12.1 Å². The van der Waals surface area contributed by atoms with Gasteiger partial charge >= 0.3 is 0 Å².